The maximum atomic E-state index is 13.2. The molecule has 1 aromatic carbocycles. The molecular weight excluding hydrogens is 572 g/mol. The Balaban J connectivity index is 2.11. The van der Waals surface area contributed by atoms with Crippen LogP contribution in [-0.2, 0) is 24.0 Å². The van der Waals surface area contributed by atoms with Crippen molar-refractivity contribution in [3.8, 4) is 5.75 Å². The van der Waals surface area contributed by atoms with Crippen LogP contribution < -0.4 is 4.74 Å². The van der Waals surface area contributed by atoms with E-state index in [0.717, 1.165) is 0 Å². The number of amides is 1. The Hall–Kier alpha value is -4.19. The van der Waals surface area contributed by atoms with Crippen LogP contribution in [0.5, 0.6) is 5.75 Å². The summed E-state index contributed by atoms with van der Waals surface area (Å²) >= 11 is 0. The zero-order chi connectivity index (χ0) is 31.9. The van der Waals surface area contributed by atoms with Crippen LogP contribution in [-0.4, -0.2) is 166 Å². The van der Waals surface area contributed by atoms with Crippen molar-refractivity contribution in [2.45, 2.75) is 6.92 Å². The number of non-ortho nitro benzene ring substituents is 1. The summed E-state index contributed by atoms with van der Waals surface area (Å²) in [6.07, 6.45) is 0. The molecule has 1 heterocycles. The molecular formula is C26H38N6O11. The number of ether oxygens (including phenoxy) is 1. The molecule has 0 aliphatic carbocycles. The van der Waals surface area contributed by atoms with Gasteiger partial charge in [-0.1, -0.05) is 0 Å². The fourth-order valence-corrected chi connectivity index (χ4v) is 4.41. The lowest BCUT2D eigenvalue weighted by Crippen LogP contribution is -2.50. The number of benzene rings is 1. The normalized spacial score (nSPS) is 16.4. The summed E-state index contributed by atoms with van der Waals surface area (Å²) in [5, 5.41) is 38.8. The summed E-state index contributed by atoms with van der Waals surface area (Å²) in [7, 11) is 0. The molecule has 1 amide bonds. The molecule has 1 saturated heterocycles. The molecule has 2 rings (SSSR count). The lowest BCUT2D eigenvalue weighted by Gasteiger charge is -2.33. The van der Waals surface area contributed by atoms with Crippen LogP contribution in [0.1, 0.15) is 6.92 Å². The highest BCUT2D eigenvalue weighted by atomic mass is 16.6. The van der Waals surface area contributed by atoms with Gasteiger partial charge >= 0.3 is 23.9 Å². The average Bonchev–Trinajstić information content (AvgIpc) is 2.92. The number of esters is 1. The van der Waals surface area contributed by atoms with Gasteiger partial charge < -0.3 is 25.0 Å². The van der Waals surface area contributed by atoms with Crippen LogP contribution in [0.25, 0.3) is 0 Å². The summed E-state index contributed by atoms with van der Waals surface area (Å²) in [6.45, 7) is 2.48. The molecule has 17 nitrogen and oxygen atoms in total. The van der Waals surface area contributed by atoms with E-state index in [-0.39, 0.29) is 103 Å². The zero-order valence-electron chi connectivity index (χ0n) is 24.0. The van der Waals surface area contributed by atoms with Crippen LogP contribution in [0.15, 0.2) is 24.3 Å². The minimum atomic E-state index is -1.06. The predicted octanol–water partition coefficient (Wildman–Crippen LogP) is -1.18. The highest BCUT2D eigenvalue weighted by molar-refractivity contribution is 5.84. The molecule has 0 aromatic heterocycles. The highest BCUT2D eigenvalue weighted by Gasteiger charge is 2.24. The van der Waals surface area contributed by atoms with Crippen molar-refractivity contribution in [1.82, 2.24) is 24.5 Å². The molecule has 1 aromatic rings. The molecule has 1 fully saturated rings. The van der Waals surface area contributed by atoms with E-state index in [1.807, 2.05) is 0 Å². The molecule has 1 aliphatic rings. The maximum absolute atomic E-state index is 13.2. The fraction of sp³-hybridized carbons (Fsp3) is 0.577. The van der Waals surface area contributed by atoms with Crippen molar-refractivity contribution >= 4 is 35.5 Å². The number of carbonyl (C=O) groups excluding carboxylic acids is 2. The van der Waals surface area contributed by atoms with Crippen molar-refractivity contribution in [3.05, 3.63) is 34.4 Å². The number of nitro groups is 1. The van der Waals surface area contributed by atoms with Gasteiger partial charge in [-0.15, -0.1) is 0 Å². The van der Waals surface area contributed by atoms with Crippen LogP contribution >= 0.6 is 0 Å². The van der Waals surface area contributed by atoms with Crippen molar-refractivity contribution in [3.63, 3.8) is 0 Å². The molecule has 0 spiro atoms. The smallest absolute Gasteiger partial charge is 0.331 e. The van der Waals surface area contributed by atoms with Crippen molar-refractivity contribution in [2.24, 2.45) is 0 Å². The predicted molar refractivity (Wildman–Crippen MR) is 150 cm³/mol. The second-order valence-electron chi connectivity index (χ2n) is 9.92. The van der Waals surface area contributed by atoms with E-state index in [9.17, 15) is 49.4 Å². The molecule has 3 N–H and O–H groups in total. The Morgan fingerprint density at radius 1 is 0.744 bits per heavy atom. The molecule has 0 saturated carbocycles. The number of rotatable bonds is 13. The first-order valence-corrected chi connectivity index (χ1v) is 13.6. The second-order valence-corrected chi connectivity index (χ2v) is 9.92. The Bertz CT molecular complexity index is 1100. The molecule has 0 atom stereocenters. The number of aliphatic carboxylic acids is 3. The lowest BCUT2D eigenvalue weighted by molar-refractivity contribution is -0.384. The Morgan fingerprint density at radius 3 is 1.44 bits per heavy atom. The average molecular weight is 611 g/mol. The van der Waals surface area contributed by atoms with E-state index in [1.54, 1.807) is 26.5 Å². The molecule has 1 aliphatic heterocycles. The van der Waals surface area contributed by atoms with Gasteiger partial charge in [0.15, 0.2) is 0 Å². The molecule has 0 radical (unpaired) electrons. The second kappa shape index (κ2) is 17.7. The van der Waals surface area contributed by atoms with Gasteiger partial charge in [-0.25, -0.2) is 4.79 Å². The van der Waals surface area contributed by atoms with Crippen molar-refractivity contribution < 1.29 is 49.0 Å². The number of nitro benzene ring substituents is 1. The third-order valence-corrected chi connectivity index (χ3v) is 6.70. The Labute approximate surface area is 247 Å². The third-order valence-electron chi connectivity index (χ3n) is 6.70. The summed E-state index contributed by atoms with van der Waals surface area (Å²) in [4.78, 5) is 78.1. The minimum absolute atomic E-state index is 0.0844. The van der Waals surface area contributed by atoms with Crippen LogP contribution in [0.2, 0.25) is 0 Å². The Morgan fingerprint density at radius 2 is 1.12 bits per heavy atom. The monoisotopic (exact) mass is 610 g/mol. The number of nitrogens with zero attached hydrogens (tertiary/aromatic N) is 6. The van der Waals surface area contributed by atoms with E-state index in [4.69, 9.17) is 4.74 Å². The largest absolute Gasteiger partial charge is 0.480 e. The van der Waals surface area contributed by atoms with Gasteiger partial charge in [-0.05, 0) is 19.1 Å². The van der Waals surface area contributed by atoms with E-state index in [1.165, 1.54) is 29.2 Å². The zero-order valence-corrected chi connectivity index (χ0v) is 24.0. The Kier molecular flexibility index (Phi) is 14.4. The minimum Gasteiger partial charge on any atom is -0.480 e. The first-order chi connectivity index (χ1) is 20.4. The van der Waals surface area contributed by atoms with E-state index < -0.39 is 34.7 Å². The standard InChI is InChI=1S/C26H38N6O11/c1-2-31(19-26(40)43-21-5-3-20(4-6-21)32(41)42)22(33)15-27-7-9-28(16-23(34)35)11-13-30(18-25(38)39)14-12-29(10-8-27)17-24(36)37/h3-6H,2,7-19H2,1H3,(H,34,35)(H,36,37)(H,38,39). The number of carboxylic acids is 3. The van der Waals surface area contributed by atoms with Crippen molar-refractivity contribution in [1.29, 1.82) is 0 Å². The van der Waals surface area contributed by atoms with E-state index in [2.05, 4.69) is 0 Å². The molecule has 0 bridgehead atoms. The van der Waals surface area contributed by atoms with Gasteiger partial charge in [-0.2, -0.15) is 0 Å². The topological polar surface area (TPSA) is 215 Å². The number of carbonyl (C=O) groups is 5. The highest BCUT2D eigenvalue weighted by Crippen LogP contribution is 2.17. The number of carboxylic acid groups (broad SMARTS) is 3. The number of hydrogen-bond acceptors (Lipinski definition) is 12. The maximum Gasteiger partial charge on any atom is 0.331 e. The van der Waals surface area contributed by atoms with Gasteiger partial charge in [0, 0.05) is 71.0 Å². The number of hydrogen-bond donors (Lipinski definition) is 3. The molecule has 0 unspecified atom stereocenters. The number of likely N-dealkylation sites (N-methyl/N-ethyl adjacent to an activating group) is 1. The molecule has 238 valence electrons. The van der Waals surface area contributed by atoms with Crippen LogP contribution in [0, 0.1) is 10.1 Å². The SMILES string of the molecule is CCN(CC(=O)Oc1ccc([N+](=O)[O-])cc1)C(=O)CN1CCN(CC(=O)O)CCN(CC(=O)O)CCN(CC(=O)O)CC1. The van der Waals surface area contributed by atoms with E-state index in [0.29, 0.717) is 0 Å². The summed E-state index contributed by atoms with van der Waals surface area (Å²) in [6, 6.07) is 4.93. The third kappa shape index (κ3) is 13.6. The van der Waals surface area contributed by atoms with Crippen molar-refractivity contribution in [2.75, 3.05) is 91.6 Å². The first-order valence-electron chi connectivity index (χ1n) is 13.6. The molecule has 43 heavy (non-hydrogen) atoms. The van der Waals surface area contributed by atoms with Gasteiger partial charge in [-0.3, -0.25) is 48.9 Å². The van der Waals surface area contributed by atoms with E-state index >= 15 is 0 Å². The van der Waals surface area contributed by atoms with Gasteiger partial charge in [0.2, 0.25) is 5.91 Å². The summed E-state index contributed by atoms with van der Waals surface area (Å²) < 4.78 is 5.21. The lowest BCUT2D eigenvalue weighted by atomic mass is 10.3. The summed E-state index contributed by atoms with van der Waals surface area (Å²) in [5.41, 5.74) is -0.169. The van der Waals surface area contributed by atoms with Gasteiger partial charge in [0.1, 0.15) is 12.3 Å². The first kappa shape index (κ1) is 35.0. The van der Waals surface area contributed by atoms with Crippen LogP contribution in [0.3, 0.4) is 0 Å². The summed E-state index contributed by atoms with van der Waals surface area (Å²) in [5.74, 6) is -4.24. The molecule has 17 heteroatoms. The van der Waals surface area contributed by atoms with Crippen LogP contribution in [0.4, 0.5) is 5.69 Å². The van der Waals surface area contributed by atoms with Gasteiger partial charge in [0.05, 0.1) is 31.1 Å². The van der Waals surface area contributed by atoms with Gasteiger partial charge in [0.25, 0.3) is 5.69 Å². The quantitative estimate of drug-likeness (QED) is 0.104. The fourth-order valence-electron chi connectivity index (χ4n) is 4.41.